The summed E-state index contributed by atoms with van der Waals surface area (Å²) in [5.41, 5.74) is 11.9. The third kappa shape index (κ3) is 44.1. The number of halogens is 1. The summed E-state index contributed by atoms with van der Waals surface area (Å²) in [4.78, 5) is 59.6. The third-order valence-electron chi connectivity index (χ3n) is 20.3. The lowest BCUT2D eigenvalue weighted by Gasteiger charge is -2.25. The van der Waals surface area contributed by atoms with E-state index < -0.39 is 68.6 Å². The topological polar surface area (TPSA) is 315 Å². The van der Waals surface area contributed by atoms with Crippen molar-refractivity contribution in [3.05, 3.63) is 179 Å². The van der Waals surface area contributed by atoms with Crippen LogP contribution in [0.4, 0.5) is 34.1 Å². The number of nitrogens with zero attached hydrogens (tertiary/aromatic N) is 2. The van der Waals surface area contributed by atoms with E-state index in [-0.39, 0.29) is 71.0 Å². The highest BCUT2D eigenvalue weighted by atomic mass is 19.1. The lowest BCUT2D eigenvalue weighted by molar-refractivity contribution is -0.0772. The number of ether oxygens (including phenoxy) is 14. The lowest BCUT2D eigenvalue weighted by atomic mass is 9.81. The number of amides is 6. The van der Waals surface area contributed by atoms with Crippen LogP contribution in [0.3, 0.4) is 0 Å². The summed E-state index contributed by atoms with van der Waals surface area (Å²) in [6.45, 7) is 32.3. The number of nitrogens with two attached hydrogens (primary N) is 1. The Morgan fingerprint density at radius 1 is 0.455 bits per heavy atom. The molecule has 1 fully saturated rings. The average molecular weight is 1700 g/mol. The van der Waals surface area contributed by atoms with Crippen molar-refractivity contribution < 1.29 is 99.8 Å². The van der Waals surface area contributed by atoms with Gasteiger partial charge in [0.1, 0.15) is 55.3 Å². The quantitative estimate of drug-likeness (QED) is 0.0118. The first-order valence-corrected chi connectivity index (χ1v) is 42.5. The summed E-state index contributed by atoms with van der Waals surface area (Å²) in [6, 6.07) is 48.8. The maximum absolute atomic E-state index is 13.2. The van der Waals surface area contributed by atoms with Gasteiger partial charge in [-0.2, -0.15) is 0 Å². The molecular formula is C93H142FN7O20. The Balaban J connectivity index is 0.000000391. The molecule has 121 heavy (non-hydrogen) atoms. The predicted molar refractivity (Wildman–Crippen MR) is 470 cm³/mol. The van der Waals surface area contributed by atoms with Crippen molar-refractivity contribution in [1.29, 1.82) is 0 Å². The number of para-hydroxylation sites is 1. The number of alkyl carbamates (subject to hydrolysis) is 2. The van der Waals surface area contributed by atoms with E-state index in [4.69, 9.17) is 72.4 Å². The van der Waals surface area contributed by atoms with Crippen molar-refractivity contribution in [1.82, 2.24) is 25.8 Å². The fourth-order valence-corrected chi connectivity index (χ4v) is 11.6. The number of carbonyl (C=O) groups is 5. The third-order valence-corrected chi connectivity index (χ3v) is 20.3. The maximum Gasteiger partial charge on any atom is 0.411 e. The Morgan fingerprint density at radius 3 is 1.11 bits per heavy atom. The molecule has 7 N–H and O–H groups in total. The Bertz CT molecular complexity index is 3610. The number of carbonyl (C=O) groups excluding carboxylic acids is 5. The molecule has 27 nitrogen and oxygen atoms in total. The van der Waals surface area contributed by atoms with E-state index in [1.54, 1.807) is 45.2 Å². The molecule has 0 spiro atoms. The molecule has 10 atom stereocenters. The van der Waals surface area contributed by atoms with Gasteiger partial charge in [-0.3, -0.25) is 14.6 Å². The van der Waals surface area contributed by atoms with Gasteiger partial charge in [0.2, 0.25) is 0 Å². The number of hydrogen-bond donors (Lipinski definition) is 6. The van der Waals surface area contributed by atoms with Crippen LogP contribution in [-0.2, 0) is 48.0 Å². The molecule has 7 rings (SSSR count). The minimum atomic E-state index is -0.592. The molecule has 676 valence electrons. The normalized spacial score (nSPS) is 14.3. The molecular weight excluding hydrogens is 1550 g/mol. The number of aliphatic hydroxyl groups excluding tert-OH is 1. The number of methoxy groups -OCH3 is 1. The van der Waals surface area contributed by atoms with E-state index in [0.29, 0.717) is 54.9 Å². The van der Waals surface area contributed by atoms with Crippen LogP contribution in [0.5, 0.6) is 28.7 Å². The molecule has 0 heterocycles. The monoisotopic (exact) mass is 1700 g/mol. The number of nitrogens with one attached hydrogen (secondary N) is 4. The van der Waals surface area contributed by atoms with Gasteiger partial charge in [-0.1, -0.05) is 167 Å². The van der Waals surface area contributed by atoms with E-state index >= 15 is 0 Å². The van der Waals surface area contributed by atoms with Crippen LogP contribution >= 0.6 is 0 Å². The van der Waals surface area contributed by atoms with Gasteiger partial charge >= 0.3 is 30.4 Å². The predicted octanol–water partition coefficient (Wildman–Crippen LogP) is 19.1. The second-order valence-electron chi connectivity index (χ2n) is 29.4. The second kappa shape index (κ2) is 61.6. The summed E-state index contributed by atoms with van der Waals surface area (Å²) in [5.74, 6) is 5.85. The van der Waals surface area contributed by atoms with Gasteiger partial charge in [0.05, 0.1) is 53.5 Å². The first-order valence-electron chi connectivity index (χ1n) is 42.5. The van der Waals surface area contributed by atoms with E-state index in [1.807, 2.05) is 113 Å². The molecule has 6 amide bonds. The summed E-state index contributed by atoms with van der Waals surface area (Å²) in [7, 11) is 4.33. The van der Waals surface area contributed by atoms with E-state index in [9.17, 15) is 28.4 Å². The number of anilines is 1. The smallest absolute Gasteiger partial charge is 0.411 e. The highest BCUT2D eigenvalue weighted by Gasteiger charge is 2.25. The molecule has 28 heteroatoms. The van der Waals surface area contributed by atoms with Crippen LogP contribution in [-0.4, -0.2) is 190 Å². The highest BCUT2D eigenvalue weighted by Crippen LogP contribution is 2.31. The van der Waals surface area contributed by atoms with Gasteiger partial charge in [0.25, 0.3) is 0 Å². The summed E-state index contributed by atoms with van der Waals surface area (Å²) in [5, 5.41) is 19.5. The Kier molecular flexibility index (Phi) is 53.7. The largest absolute Gasteiger partial charge is 0.465 e. The van der Waals surface area contributed by atoms with Crippen LogP contribution in [0.1, 0.15) is 220 Å². The van der Waals surface area contributed by atoms with E-state index in [2.05, 4.69) is 130 Å². The van der Waals surface area contributed by atoms with Gasteiger partial charge in [0.15, 0.2) is 31.5 Å². The van der Waals surface area contributed by atoms with Crippen LogP contribution in [0.2, 0.25) is 0 Å². The maximum atomic E-state index is 13.2. The van der Waals surface area contributed by atoms with Crippen LogP contribution < -0.4 is 50.7 Å². The Hall–Kier alpha value is -9.68. The van der Waals surface area contributed by atoms with Crippen molar-refractivity contribution in [3.8, 4) is 28.7 Å². The number of alkyl halides is 1. The van der Waals surface area contributed by atoms with Crippen molar-refractivity contribution in [2.24, 2.45) is 5.73 Å². The van der Waals surface area contributed by atoms with Crippen LogP contribution in [0, 0.1) is 0 Å². The number of aliphatic hydroxyl groups is 1. The zero-order valence-corrected chi connectivity index (χ0v) is 75.0. The number of benzene rings is 6. The van der Waals surface area contributed by atoms with Crippen LogP contribution in [0.25, 0.3) is 0 Å². The van der Waals surface area contributed by atoms with Gasteiger partial charge < -0.3 is 98.0 Å². The molecule has 0 radical (unpaired) electrons. The van der Waals surface area contributed by atoms with Crippen molar-refractivity contribution in [3.63, 3.8) is 0 Å². The molecule has 1 aliphatic rings. The first kappa shape index (κ1) is 106. The van der Waals surface area contributed by atoms with Crippen molar-refractivity contribution >= 4 is 36.1 Å². The molecule has 0 aliphatic heterocycles. The zero-order valence-electron chi connectivity index (χ0n) is 75.0. The molecule has 0 aromatic heterocycles. The second-order valence-corrected chi connectivity index (χ2v) is 29.4. The Morgan fingerprint density at radius 2 is 0.793 bits per heavy atom. The van der Waals surface area contributed by atoms with Crippen molar-refractivity contribution in [2.75, 3.05) is 113 Å². The fraction of sp³-hybridized carbons (Fsp3) is 0.559. The zero-order chi connectivity index (χ0) is 89.3. The minimum absolute atomic E-state index is 0.148. The van der Waals surface area contributed by atoms with E-state index in [1.165, 1.54) is 60.6 Å². The molecule has 0 saturated heterocycles. The van der Waals surface area contributed by atoms with Gasteiger partial charge in [-0.25, -0.2) is 24.0 Å². The number of hydrogen-bond acceptors (Lipinski definition) is 21. The highest BCUT2D eigenvalue weighted by molar-refractivity contribution is 5.84. The molecule has 0 bridgehead atoms. The van der Waals surface area contributed by atoms with Gasteiger partial charge in [-0.05, 0) is 204 Å². The molecule has 1 aliphatic carbocycles. The van der Waals surface area contributed by atoms with E-state index in [0.717, 1.165) is 78.4 Å². The fourth-order valence-electron chi connectivity index (χ4n) is 11.6. The van der Waals surface area contributed by atoms with Crippen molar-refractivity contribution in [2.45, 2.75) is 235 Å². The van der Waals surface area contributed by atoms with Gasteiger partial charge in [0, 0.05) is 44.3 Å². The first-order chi connectivity index (χ1) is 58.1. The molecule has 10 unspecified atom stereocenters. The van der Waals surface area contributed by atoms with Gasteiger partial charge in [-0.15, -0.1) is 0 Å². The standard InChI is InChI=1S/C21H33NO4.C21H27NO4.C17H26FNO4.C17H29N3O3.C17H27NO5/c2*1-4-16(2)18-10-12-20(13-11-18)26-17(3)24-14-15-25-21(23)22-19-8-6-5-7-9-19;1-5-17(3,12-18)14-6-8-15(9-7-14)23-13(2)21-10-11-22-16(20)19-4;1-5-13(2)15-6-8-16(9-7-15)23-14(3)22-11-10-20(12-18)17(21)19-4;1-5-13(2)15-6-8-16(9-7-15)23-14(3)22-11-10-18(12-19)17(20)21-4/h10-13,16-17,19H,4-9,14-15H2,1-3H3,(H,22,23);5-13,16-17H,4,14-15H2,1-3H3,(H,22,23);6-9,13H,5,10-12H2,1-4H3,(H,19,20);6-9,13-14H,5,10-12,18H2,1-4H3,(H,19,21);6-9,13-14,19H,5,10-12H2,1-4H3. The van der Waals surface area contributed by atoms with Crippen LogP contribution in [0.15, 0.2) is 152 Å². The number of rotatable bonds is 45. The summed E-state index contributed by atoms with van der Waals surface area (Å²) >= 11 is 0. The summed E-state index contributed by atoms with van der Waals surface area (Å²) in [6.07, 6.45) is 6.80. The molecule has 6 aromatic carbocycles. The lowest BCUT2D eigenvalue weighted by Crippen LogP contribution is -2.43. The SMILES string of the molecule is CCC(C)(CF)c1ccc(OC(C)OCCOC(=O)NC)cc1.CCC(C)c1ccc(OC(C)OCCN(CN)C(=O)NC)cc1.CCC(C)c1ccc(OC(C)OCCN(CO)C(=O)OC)cc1.CCC(C)c1ccc(OC(C)OCCOC(=O)NC2CCCCC2)cc1.CCC(C)c1ccc(OC(C)OCCOC(=O)Nc2ccccc2)cc1. The summed E-state index contributed by atoms with van der Waals surface area (Å²) < 4.78 is 88.7. The Labute approximate surface area is 719 Å². The molecule has 6 aromatic rings. The number of urea groups is 1. The minimum Gasteiger partial charge on any atom is -0.465 e. The average Bonchev–Trinajstić information content (AvgIpc) is 0.830. The molecule has 1 saturated carbocycles.